The van der Waals surface area contributed by atoms with Crippen molar-refractivity contribution in [2.45, 2.75) is 25.7 Å². The molecule has 0 spiro atoms. The van der Waals surface area contributed by atoms with Crippen LogP contribution in [0.5, 0.6) is 0 Å². The van der Waals surface area contributed by atoms with E-state index in [0.717, 1.165) is 11.3 Å². The van der Waals surface area contributed by atoms with E-state index in [0.29, 0.717) is 51.8 Å². The molecule has 0 saturated carbocycles. The zero-order valence-corrected chi connectivity index (χ0v) is 17.0. The maximum atomic E-state index is 12.5. The lowest BCUT2D eigenvalue weighted by Crippen LogP contribution is -2.29. The molecular weight excluding hydrogens is 376 g/mol. The van der Waals surface area contributed by atoms with E-state index >= 15 is 0 Å². The first kappa shape index (κ1) is 20.0. The van der Waals surface area contributed by atoms with Crippen molar-refractivity contribution < 1.29 is 13.8 Å². The number of benzene rings is 1. The molecule has 1 atom stereocenters. The summed E-state index contributed by atoms with van der Waals surface area (Å²) in [7, 11) is -1.11. The first-order chi connectivity index (χ1) is 13.4. The molecule has 148 valence electrons. The second-order valence-corrected chi connectivity index (χ2v) is 8.30. The summed E-state index contributed by atoms with van der Waals surface area (Å²) in [5, 5.41) is 5.60. The molecule has 0 saturated heterocycles. The van der Waals surface area contributed by atoms with Gasteiger partial charge in [0.1, 0.15) is 0 Å². The van der Waals surface area contributed by atoms with Gasteiger partial charge in [0.05, 0.1) is 21.9 Å². The zero-order valence-electron chi connectivity index (χ0n) is 16.1. The normalized spacial score (nSPS) is 15.4. The highest BCUT2D eigenvalue weighted by molar-refractivity contribution is 7.85. The van der Waals surface area contributed by atoms with Gasteiger partial charge in [-0.05, 0) is 43.7 Å². The Hall–Kier alpha value is -2.71. The third kappa shape index (κ3) is 3.65. The van der Waals surface area contributed by atoms with Crippen LogP contribution in [-0.4, -0.2) is 39.8 Å². The van der Waals surface area contributed by atoms with E-state index in [1.807, 2.05) is 20.8 Å². The van der Waals surface area contributed by atoms with Gasteiger partial charge in [-0.3, -0.25) is 13.8 Å². The molecule has 0 aliphatic carbocycles. The lowest BCUT2D eigenvalue weighted by molar-refractivity contribution is -0.110. The Bertz CT molecular complexity index is 1010. The van der Waals surface area contributed by atoms with Crippen LogP contribution in [0, 0.1) is 13.8 Å². The van der Waals surface area contributed by atoms with Crippen molar-refractivity contribution in [2.24, 2.45) is 5.73 Å². The summed E-state index contributed by atoms with van der Waals surface area (Å²) in [5.41, 5.74) is 10.1. The number of amides is 2. The minimum Gasteiger partial charge on any atom is -0.358 e. The summed E-state index contributed by atoms with van der Waals surface area (Å²) >= 11 is 0. The Morgan fingerprint density at radius 3 is 2.75 bits per heavy atom. The molecule has 1 aromatic heterocycles. The van der Waals surface area contributed by atoms with Crippen LogP contribution in [0.15, 0.2) is 23.1 Å². The van der Waals surface area contributed by atoms with Gasteiger partial charge < -0.3 is 21.4 Å². The van der Waals surface area contributed by atoms with Gasteiger partial charge in [-0.1, -0.05) is 6.92 Å². The summed E-state index contributed by atoms with van der Waals surface area (Å²) in [6.45, 7) is 6.27. The van der Waals surface area contributed by atoms with Gasteiger partial charge in [0, 0.05) is 46.4 Å². The van der Waals surface area contributed by atoms with Crippen LogP contribution in [-0.2, 0) is 15.6 Å². The van der Waals surface area contributed by atoms with Crippen molar-refractivity contribution in [2.75, 3.05) is 24.2 Å². The molecule has 1 aromatic carbocycles. The number of aryl methyl sites for hydroxylation is 1. The number of rotatable bonds is 6. The van der Waals surface area contributed by atoms with Crippen molar-refractivity contribution in [3.63, 3.8) is 0 Å². The Balaban J connectivity index is 2.03. The molecule has 1 unspecified atom stereocenters. The fraction of sp³-hybridized carbons (Fsp3) is 0.300. The molecule has 0 radical (unpaired) electrons. The van der Waals surface area contributed by atoms with Crippen LogP contribution in [0.3, 0.4) is 0 Å². The SMILES string of the molecule is CCS(=O)c1ccc2c(c1)/C(=C/c1[nH]c(C)c(C(=O)NCCN)c1C)C(=O)N2. The standard InChI is InChI=1S/C20H24N4O3S/c1-4-28(27)13-5-6-16-14(9-13)15(19(25)24-16)10-17-11(2)18(12(3)23-17)20(26)22-8-7-21/h5-6,9-10,23H,4,7-8,21H2,1-3H3,(H,22,26)(H,24,25)/b15-10-. The van der Waals surface area contributed by atoms with E-state index in [1.54, 1.807) is 24.3 Å². The van der Waals surface area contributed by atoms with Crippen molar-refractivity contribution in [3.05, 3.63) is 46.3 Å². The second kappa shape index (κ2) is 8.12. The number of hydrogen-bond donors (Lipinski definition) is 4. The number of anilines is 1. The number of carbonyl (C=O) groups is 2. The van der Waals surface area contributed by atoms with E-state index in [9.17, 15) is 13.8 Å². The van der Waals surface area contributed by atoms with Gasteiger partial charge in [-0.25, -0.2) is 0 Å². The summed E-state index contributed by atoms with van der Waals surface area (Å²) in [4.78, 5) is 28.8. The third-order valence-electron chi connectivity index (χ3n) is 4.72. The highest BCUT2D eigenvalue weighted by Crippen LogP contribution is 2.35. The third-order valence-corrected chi connectivity index (χ3v) is 6.03. The number of nitrogens with one attached hydrogen (secondary N) is 3. The van der Waals surface area contributed by atoms with E-state index in [4.69, 9.17) is 5.73 Å². The molecule has 2 aromatic rings. The number of aromatic amines is 1. The minimum absolute atomic E-state index is 0.196. The summed E-state index contributed by atoms with van der Waals surface area (Å²) in [5.74, 6) is 0.0866. The predicted octanol–water partition coefficient (Wildman–Crippen LogP) is 1.94. The van der Waals surface area contributed by atoms with Gasteiger partial charge in [0.2, 0.25) is 0 Å². The number of H-pyrrole nitrogens is 1. The van der Waals surface area contributed by atoms with Gasteiger partial charge in [0.25, 0.3) is 11.8 Å². The first-order valence-corrected chi connectivity index (χ1v) is 10.4. The average molecular weight is 401 g/mol. The topological polar surface area (TPSA) is 117 Å². The lowest BCUT2D eigenvalue weighted by atomic mass is 10.0. The van der Waals surface area contributed by atoms with Crippen LogP contribution >= 0.6 is 0 Å². The van der Waals surface area contributed by atoms with Gasteiger partial charge in [0.15, 0.2) is 0 Å². The quantitative estimate of drug-likeness (QED) is 0.554. The van der Waals surface area contributed by atoms with Gasteiger partial charge in [-0.2, -0.15) is 0 Å². The number of nitrogens with two attached hydrogens (primary N) is 1. The van der Waals surface area contributed by atoms with Crippen molar-refractivity contribution in [1.29, 1.82) is 0 Å². The van der Waals surface area contributed by atoms with Crippen LogP contribution < -0.4 is 16.4 Å². The van der Waals surface area contributed by atoms with Crippen LogP contribution in [0.25, 0.3) is 11.6 Å². The highest BCUT2D eigenvalue weighted by atomic mass is 32.2. The van der Waals surface area contributed by atoms with Crippen molar-refractivity contribution in [1.82, 2.24) is 10.3 Å². The molecule has 1 aliphatic heterocycles. The fourth-order valence-electron chi connectivity index (χ4n) is 3.30. The molecule has 5 N–H and O–H groups in total. The monoisotopic (exact) mass is 400 g/mol. The number of aromatic nitrogens is 1. The van der Waals surface area contributed by atoms with E-state index in [2.05, 4.69) is 15.6 Å². The molecular formula is C20H24N4O3S. The zero-order chi connectivity index (χ0) is 20.4. The van der Waals surface area contributed by atoms with Crippen LogP contribution in [0.1, 0.15) is 39.8 Å². The summed E-state index contributed by atoms with van der Waals surface area (Å²) in [6, 6.07) is 5.33. The minimum atomic E-state index is -1.11. The fourth-order valence-corrected chi connectivity index (χ4v) is 4.10. The Morgan fingerprint density at radius 1 is 1.32 bits per heavy atom. The van der Waals surface area contributed by atoms with Crippen LogP contribution in [0.2, 0.25) is 0 Å². The maximum Gasteiger partial charge on any atom is 0.256 e. The maximum absolute atomic E-state index is 12.5. The molecule has 0 fully saturated rings. The van der Waals surface area contributed by atoms with Crippen LogP contribution in [0.4, 0.5) is 5.69 Å². The molecule has 7 nitrogen and oxygen atoms in total. The first-order valence-electron chi connectivity index (χ1n) is 9.10. The Kier molecular flexibility index (Phi) is 5.81. The van der Waals surface area contributed by atoms with Gasteiger partial charge >= 0.3 is 0 Å². The molecule has 0 bridgehead atoms. The molecule has 1 aliphatic rings. The number of fused-ring (bicyclic) bond motifs is 1. The summed E-state index contributed by atoms with van der Waals surface area (Å²) < 4.78 is 12.1. The largest absolute Gasteiger partial charge is 0.358 e. The molecule has 3 rings (SSSR count). The molecule has 2 heterocycles. The van der Waals surface area contributed by atoms with E-state index in [-0.39, 0.29) is 11.8 Å². The number of hydrogen-bond acceptors (Lipinski definition) is 4. The van der Waals surface area contributed by atoms with E-state index < -0.39 is 10.8 Å². The highest BCUT2D eigenvalue weighted by Gasteiger charge is 2.26. The number of carbonyl (C=O) groups excluding carboxylic acids is 2. The Labute approximate surface area is 166 Å². The van der Waals surface area contributed by atoms with E-state index in [1.165, 1.54) is 0 Å². The lowest BCUT2D eigenvalue weighted by Gasteiger charge is -2.04. The molecule has 2 amide bonds. The van der Waals surface area contributed by atoms with Gasteiger partial charge in [-0.15, -0.1) is 0 Å². The summed E-state index contributed by atoms with van der Waals surface area (Å²) in [6.07, 6.45) is 1.74. The smallest absolute Gasteiger partial charge is 0.256 e. The predicted molar refractivity (Wildman–Crippen MR) is 112 cm³/mol. The van der Waals surface area contributed by atoms with Crippen molar-refractivity contribution in [3.8, 4) is 0 Å². The second-order valence-electron chi connectivity index (χ2n) is 6.56. The Morgan fingerprint density at radius 2 is 2.07 bits per heavy atom. The van der Waals surface area contributed by atoms with Crippen molar-refractivity contribution >= 4 is 40.0 Å². The molecule has 8 heteroatoms. The molecule has 28 heavy (non-hydrogen) atoms. The average Bonchev–Trinajstić information content (AvgIpc) is 3.14.